The number of hydrogen-bond acceptors (Lipinski definition) is 5. The zero-order chi connectivity index (χ0) is 12.8. The summed E-state index contributed by atoms with van der Waals surface area (Å²) in [4.78, 5) is 4.08. The Morgan fingerprint density at radius 1 is 1.39 bits per heavy atom. The average molecular weight is 263 g/mol. The maximum absolute atomic E-state index is 4.11. The highest BCUT2D eigenvalue weighted by Gasteiger charge is 2.04. The van der Waals surface area contributed by atoms with Crippen LogP contribution in [0.1, 0.15) is 11.4 Å². The molecule has 0 amide bonds. The summed E-state index contributed by atoms with van der Waals surface area (Å²) < 4.78 is 2.01. The minimum absolute atomic E-state index is 0.853. The van der Waals surface area contributed by atoms with Crippen LogP contribution < -0.4 is 5.32 Å². The van der Waals surface area contributed by atoms with Crippen LogP contribution >= 0.6 is 11.8 Å². The lowest BCUT2D eigenvalue weighted by Crippen LogP contribution is -2.16. The fourth-order valence-corrected chi connectivity index (χ4v) is 2.32. The van der Waals surface area contributed by atoms with Crippen molar-refractivity contribution in [3.05, 3.63) is 35.9 Å². The lowest BCUT2D eigenvalue weighted by Gasteiger charge is -2.04. The second kappa shape index (κ2) is 6.51. The van der Waals surface area contributed by atoms with Gasteiger partial charge in [0.1, 0.15) is 5.82 Å². The van der Waals surface area contributed by atoms with E-state index in [1.807, 2.05) is 30.8 Å². The molecular weight excluding hydrogens is 246 g/mol. The van der Waals surface area contributed by atoms with Gasteiger partial charge in [-0.3, -0.25) is 4.98 Å². The topological polar surface area (TPSA) is 55.6 Å². The van der Waals surface area contributed by atoms with Gasteiger partial charge in [0, 0.05) is 38.3 Å². The lowest BCUT2D eigenvalue weighted by molar-refractivity contribution is 0.725. The maximum Gasteiger partial charge on any atom is 0.190 e. The summed E-state index contributed by atoms with van der Waals surface area (Å²) in [5, 5.41) is 12.5. The van der Waals surface area contributed by atoms with Gasteiger partial charge in [-0.2, -0.15) is 0 Å². The molecule has 2 aromatic heterocycles. The molecule has 96 valence electrons. The van der Waals surface area contributed by atoms with Gasteiger partial charge in [0.2, 0.25) is 0 Å². The SMILES string of the molecule is Cc1nnc(SCCNCc2cccnc2)n1C. The van der Waals surface area contributed by atoms with Crippen molar-refractivity contribution >= 4 is 11.8 Å². The zero-order valence-corrected chi connectivity index (χ0v) is 11.4. The lowest BCUT2D eigenvalue weighted by atomic mass is 10.3. The standard InChI is InChI=1S/C12H17N5S/c1-10-15-16-12(17(10)2)18-7-6-14-9-11-4-3-5-13-8-11/h3-5,8,14H,6-7,9H2,1-2H3. The summed E-state index contributed by atoms with van der Waals surface area (Å²) in [6, 6.07) is 4.02. The van der Waals surface area contributed by atoms with Crippen LogP contribution in [0.2, 0.25) is 0 Å². The quantitative estimate of drug-likeness (QED) is 0.630. The molecular formula is C12H17N5S. The molecule has 2 heterocycles. The van der Waals surface area contributed by atoms with E-state index >= 15 is 0 Å². The summed E-state index contributed by atoms with van der Waals surface area (Å²) in [6.07, 6.45) is 3.67. The Hall–Kier alpha value is -1.40. The molecule has 2 aromatic rings. The number of pyridine rings is 1. The van der Waals surface area contributed by atoms with Crippen LogP contribution in [0.4, 0.5) is 0 Å². The molecule has 0 unspecified atom stereocenters. The van der Waals surface area contributed by atoms with Crippen molar-refractivity contribution < 1.29 is 0 Å². The van der Waals surface area contributed by atoms with Crippen molar-refractivity contribution in [2.75, 3.05) is 12.3 Å². The number of hydrogen-bond donors (Lipinski definition) is 1. The van der Waals surface area contributed by atoms with Gasteiger partial charge < -0.3 is 9.88 Å². The second-order valence-corrected chi connectivity index (χ2v) is 5.04. The van der Waals surface area contributed by atoms with E-state index in [2.05, 4.69) is 26.6 Å². The molecule has 0 spiro atoms. The number of aryl methyl sites for hydroxylation is 1. The molecule has 0 fully saturated rings. The summed E-state index contributed by atoms with van der Waals surface area (Å²) in [7, 11) is 1.99. The second-order valence-electron chi connectivity index (χ2n) is 3.98. The Bertz CT molecular complexity index is 482. The number of aromatic nitrogens is 4. The van der Waals surface area contributed by atoms with Crippen LogP contribution in [0.3, 0.4) is 0 Å². The normalized spacial score (nSPS) is 10.8. The third-order valence-electron chi connectivity index (χ3n) is 2.61. The van der Waals surface area contributed by atoms with E-state index in [1.54, 1.807) is 18.0 Å². The molecule has 0 aromatic carbocycles. The minimum Gasteiger partial charge on any atom is -0.312 e. The predicted molar refractivity (Wildman–Crippen MR) is 72.4 cm³/mol. The van der Waals surface area contributed by atoms with Crippen molar-refractivity contribution in [1.82, 2.24) is 25.1 Å². The molecule has 0 saturated heterocycles. The first-order valence-electron chi connectivity index (χ1n) is 5.86. The molecule has 0 aliphatic rings. The highest BCUT2D eigenvalue weighted by Crippen LogP contribution is 2.13. The van der Waals surface area contributed by atoms with Gasteiger partial charge in [0.15, 0.2) is 5.16 Å². The molecule has 2 rings (SSSR count). The van der Waals surface area contributed by atoms with Gasteiger partial charge in [0.25, 0.3) is 0 Å². The largest absolute Gasteiger partial charge is 0.312 e. The summed E-state index contributed by atoms with van der Waals surface area (Å²) >= 11 is 1.71. The Kier molecular flexibility index (Phi) is 4.72. The van der Waals surface area contributed by atoms with E-state index in [9.17, 15) is 0 Å². The van der Waals surface area contributed by atoms with Crippen molar-refractivity contribution in [2.45, 2.75) is 18.6 Å². The monoisotopic (exact) mass is 263 g/mol. The van der Waals surface area contributed by atoms with E-state index in [-0.39, 0.29) is 0 Å². The fourth-order valence-electron chi connectivity index (χ4n) is 1.46. The number of nitrogens with one attached hydrogen (secondary N) is 1. The van der Waals surface area contributed by atoms with E-state index in [4.69, 9.17) is 0 Å². The molecule has 0 radical (unpaired) electrons. The molecule has 6 heteroatoms. The Morgan fingerprint density at radius 3 is 2.94 bits per heavy atom. The predicted octanol–water partition coefficient (Wildman–Crippen LogP) is 1.40. The number of nitrogens with zero attached hydrogens (tertiary/aromatic N) is 4. The minimum atomic E-state index is 0.853. The van der Waals surface area contributed by atoms with Crippen LogP contribution in [-0.2, 0) is 13.6 Å². The van der Waals surface area contributed by atoms with Crippen molar-refractivity contribution in [3.63, 3.8) is 0 Å². The van der Waals surface area contributed by atoms with E-state index in [0.29, 0.717) is 0 Å². The van der Waals surface area contributed by atoms with E-state index < -0.39 is 0 Å². The molecule has 0 aliphatic carbocycles. The average Bonchev–Trinajstić information content (AvgIpc) is 2.71. The fraction of sp³-hybridized carbons (Fsp3) is 0.417. The smallest absolute Gasteiger partial charge is 0.190 e. The van der Waals surface area contributed by atoms with Gasteiger partial charge in [-0.15, -0.1) is 10.2 Å². The van der Waals surface area contributed by atoms with Crippen LogP contribution in [0.25, 0.3) is 0 Å². The van der Waals surface area contributed by atoms with Crippen molar-refractivity contribution in [2.24, 2.45) is 7.05 Å². The van der Waals surface area contributed by atoms with Gasteiger partial charge >= 0.3 is 0 Å². The first kappa shape index (κ1) is 13.0. The third kappa shape index (κ3) is 3.54. The summed E-state index contributed by atoms with van der Waals surface area (Å²) in [6.45, 7) is 3.75. The highest BCUT2D eigenvalue weighted by atomic mass is 32.2. The number of rotatable bonds is 6. The van der Waals surface area contributed by atoms with Gasteiger partial charge in [-0.1, -0.05) is 17.8 Å². The Balaban J connectivity index is 1.66. The van der Waals surface area contributed by atoms with Crippen LogP contribution in [0, 0.1) is 6.92 Å². The summed E-state index contributed by atoms with van der Waals surface area (Å²) in [5.41, 5.74) is 1.21. The molecule has 0 saturated carbocycles. The maximum atomic E-state index is 4.11. The molecule has 5 nitrogen and oxygen atoms in total. The van der Waals surface area contributed by atoms with Crippen molar-refractivity contribution in [3.8, 4) is 0 Å². The van der Waals surface area contributed by atoms with Crippen molar-refractivity contribution in [1.29, 1.82) is 0 Å². The van der Waals surface area contributed by atoms with Gasteiger partial charge in [0.05, 0.1) is 0 Å². The first-order chi connectivity index (χ1) is 8.77. The zero-order valence-electron chi connectivity index (χ0n) is 10.6. The highest BCUT2D eigenvalue weighted by molar-refractivity contribution is 7.99. The van der Waals surface area contributed by atoms with E-state index in [0.717, 1.165) is 29.8 Å². The Morgan fingerprint density at radius 2 is 2.28 bits per heavy atom. The first-order valence-corrected chi connectivity index (χ1v) is 6.84. The number of thioether (sulfide) groups is 1. The molecule has 18 heavy (non-hydrogen) atoms. The summed E-state index contributed by atoms with van der Waals surface area (Å²) in [5.74, 6) is 1.92. The van der Waals surface area contributed by atoms with Gasteiger partial charge in [-0.25, -0.2) is 0 Å². The van der Waals surface area contributed by atoms with E-state index in [1.165, 1.54) is 5.56 Å². The molecule has 1 N–H and O–H groups in total. The van der Waals surface area contributed by atoms with Crippen LogP contribution in [0.5, 0.6) is 0 Å². The van der Waals surface area contributed by atoms with Gasteiger partial charge in [-0.05, 0) is 18.6 Å². The molecule has 0 bridgehead atoms. The molecule has 0 atom stereocenters. The Labute approximate surface area is 111 Å². The van der Waals surface area contributed by atoms with Crippen LogP contribution in [-0.4, -0.2) is 32.0 Å². The molecule has 0 aliphatic heterocycles. The van der Waals surface area contributed by atoms with Crippen LogP contribution in [0.15, 0.2) is 29.7 Å². The third-order valence-corrected chi connectivity index (χ3v) is 3.64.